The number of piperidine rings is 1. The Balaban J connectivity index is 2.21. The Kier molecular flexibility index (Phi) is 4.74. The first-order valence-electron chi connectivity index (χ1n) is 7.93. The summed E-state index contributed by atoms with van der Waals surface area (Å²) in [6.07, 6.45) is 3.77. The molecule has 1 saturated heterocycles. The largest absolute Gasteiger partial charge is 0.356 e. The molecule has 0 spiro atoms. The molecule has 0 bridgehead atoms. The van der Waals surface area contributed by atoms with Crippen LogP contribution in [0.15, 0.2) is 0 Å². The standard InChI is InChI=1S/C16H30N4/c1-6-9-17-11-14-13(2)18-19(5)15(14)20-10-7-8-16(3,4)12-20/h17H,6-12H2,1-5H3. The Morgan fingerprint density at radius 1 is 1.35 bits per heavy atom. The highest BCUT2D eigenvalue weighted by Gasteiger charge is 2.29. The van der Waals surface area contributed by atoms with E-state index in [0.717, 1.165) is 31.9 Å². The monoisotopic (exact) mass is 278 g/mol. The number of hydrogen-bond donors (Lipinski definition) is 1. The molecule has 114 valence electrons. The quantitative estimate of drug-likeness (QED) is 0.841. The molecule has 20 heavy (non-hydrogen) atoms. The number of nitrogens with zero attached hydrogens (tertiary/aromatic N) is 3. The highest BCUT2D eigenvalue weighted by atomic mass is 15.4. The number of aryl methyl sites for hydroxylation is 2. The molecule has 4 heteroatoms. The van der Waals surface area contributed by atoms with Crippen molar-refractivity contribution in [1.29, 1.82) is 0 Å². The molecule has 0 aromatic carbocycles. The van der Waals surface area contributed by atoms with Crippen LogP contribution in [0.5, 0.6) is 0 Å². The lowest BCUT2D eigenvalue weighted by molar-refractivity contribution is 0.290. The topological polar surface area (TPSA) is 33.1 Å². The maximum absolute atomic E-state index is 4.65. The molecule has 0 radical (unpaired) electrons. The van der Waals surface area contributed by atoms with E-state index >= 15 is 0 Å². The molecule has 2 heterocycles. The Morgan fingerprint density at radius 2 is 2.10 bits per heavy atom. The zero-order valence-electron chi connectivity index (χ0n) is 13.8. The van der Waals surface area contributed by atoms with Crippen molar-refractivity contribution in [2.75, 3.05) is 24.5 Å². The van der Waals surface area contributed by atoms with E-state index in [1.54, 1.807) is 0 Å². The predicted molar refractivity (Wildman–Crippen MR) is 85.2 cm³/mol. The molecule has 1 aliphatic heterocycles. The van der Waals surface area contributed by atoms with Gasteiger partial charge in [-0.2, -0.15) is 5.10 Å². The number of rotatable bonds is 5. The van der Waals surface area contributed by atoms with Gasteiger partial charge >= 0.3 is 0 Å². The number of anilines is 1. The van der Waals surface area contributed by atoms with Gasteiger partial charge in [-0.1, -0.05) is 20.8 Å². The molecule has 0 amide bonds. The smallest absolute Gasteiger partial charge is 0.131 e. The van der Waals surface area contributed by atoms with Crippen molar-refractivity contribution in [3.8, 4) is 0 Å². The van der Waals surface area contributed by atoms with Gasteiger partial charge in [-0.15, -0.1) is 0 Å². The second kappa shape index (κ2) is 6.17. The summed E-state index contributed by atoms with van der Waals surface area (Å²) in [6, 6.07) is 0. The molecule has 4 nitrogen and oxygen atoms in total. The molecule has 1 aromatic heterocycles. The maximum Gasteiger partial charge on any atom is 0.131 e. The highest BCUT2D eigenvalue weighted by Crippen LogP contribution is 2.33. The molecule has 0 saturated carbocycles. The summed E-state index contributed by atoms with van der Waals surface area (Å²) < 4.78 is 2.07. The van der Waals surface area contributed by atoms with Crippen LogP contribution >= 0.6 is 0 Å². The van der Waals surface area contributed by atoms with Crippen LogP contribution in [0.3, 0.4) is 0 Å². The van der Waals surface area contributed by atoms with Gasteiger partial charge in [0.15, 0.2) is 0 Å². The van der Waals surface area contributed by atoms with Gasteiger partial charge in [0.1, 0.15) is 5.82 Å². The second-order valence-corrected chi connectivity index (χ2v) is 6.88. The van der Waals surface area contributed by atoms with Crippen LogP contribution in [-0.4, -0.2) is 29.4 Å². The molecule has 0 unspecified atom stereocenters. The van der Waals surface area contributed by atoms with E-state index in [4.69, 9.17) is 0 Å². The van der Waals surface area contributed by atoms with Crippen LogP contribution in [0.2, 0.25) is 0 Å². The molecular weight excluding hydrogens is 248 g/mol. The third kappa shape index (κ3) is 3.35. The number of nitrogens with one attached hydrogen (secondary N) is 1. The molecule has 1 aromatic rings. The van der Waals surface area contributed by atoms with Crippen molar-refractivity contribution in [3.63, 3.8) is 0 Å². The summed E-state index contributed by atoms with van der Waals surface area (Å²) >= 11 is 0. The van der Waals surface area contributed by atoms with Gasteiger partial charge in [-0.25, -0.2) is 0 Å². The Bertz CT molecular complexity index is 448. The van der Waals surface area contributed by atoms with Crippen LogP contribution in [-0.2, 0) is 13.6 Å². The van der Waals surface area contributed by atoms with Crippen molar-refractivity contribution in [2.24, 2.45) is 12.5 Å². The first kappa shape index (κ1) is 15.4. The maximum atomic E-state index is 4.65. The van der Waals surface area contributed by atoms with Gasteiger partial charge in [0.25, 0.3) is 0 Å². The lowest BCUT2D eigenvalue weighted by Gasteiger charge is -2.39. The lowest BCUT2D eigenvalue weighted by atomic mass is 9.84. The van der Waals surface area contributed by atoms with Crippen molar-refractivity contribution in [2.45, 2.75) is 53.5 Å². The van der Waals surface area contributed by atoms with Crippen LogP contribution in [0.4, 0.5) is 5.82 Å². The Hall–Kier alpha value is -1.03. The van der Waals surface area contributed by atoms with E-state index in [9.17, 15) is 0 Å². The zero-order chi connectivity index (χ0) is 14.8. The highest BCUT2D eigenvalue weighted by molar-refractivity contribution is 5.50. The van der Waals surface area contributed by atoms with E-state index < -0.39 is 0 Å². The summed E-state index contributed by atoms with van der Waals surface area (Å²) in [5, 5.41) is 8.17. The fraction of sp³-hybridized carbons (Fsp3) is 0.812. The van der Waals surface area contributed by atoms with Gasteiger partial charge < -0.3 is 10.2 Å². The van der Waals surface area contributed by atoms with Crippen molar-refractivity contribution >= 4 is 5.82 Å². The minimum Gasteiger partial charge on any atom is -0.356 e. The Labute approximate surface area is 123 Å². The first-order valence-corrected chi connectivity index (χ1v) is 7.93. The summed E-state index contributed by atoms with van der Waals surface area (Å²) in [6.45, 7) is 13.4. The second-order valence-electron chi connectivity index (χ2n) is 6.88. The van der Waals surface area contributed by atoms with Crippen LogP contribution in [0.25, 0.3) is 0 Å². The molecule has 2 rings (SSSR count). The van der Waals surface area contributed by atoms with E-state index in [0.29, 0.717) is 5.41 Å². The van der Waals surface area contributed by atoms with Gasteiger partial charge in [0, 0.05) is 32.2 Å². The molecule has 1 fully saturated rings. The molecule has 0 aliphatic carbocycles. The molecule has 1 aliphatic rings. The SMILES string of the molecule is CCCNCc1c(C)nn(C)c1N1CCCC(C)(C)C1. The zero-order valence-corrected chi connectivity index (χ0v) is 13.8. The van der Waals surface area contributed by atoms with E-state index in [1.165, 1.54) is 30.6 Å². The van der Waals surface area contributed by atoms with E-state index in [2.05, 4.69) is 54.7 Å². The summed E-state index contributed by atoms with van der Waals surface area (Å²) in [5.41, 5.74) is 2.94. The third-order valence-corrected chi connectivity index (χ3v) is 4.24. The number of hydrogen-bond acceptors (Lipinski definition) is 3. The molecule has 0 atom stereocenters. The summed E-state index contributed by atoms with van der Waals surface area (Å²) in [4.78, 5) is 2.53. The van der Waals surface area contributed by atoms with Gasteiger partial charge in [0.05, 0.1) is 5.69 Å². The summed E-state index contributed by atoms with van der Waals surface area (Å²) in [5.74, 6) is 1.32. The van der Waals surface area contributed by atoms with Crippen molar-refractivity contribution in [3.05, 3.63) is 11.3 Å². The van der Waals surface area contributed by atoms with Gasteiger partial charge in [-0.05, 0) is 38.1 Å². The van der Waals surface area contributed by atoms with Crippen LogP contribution in [0, 0.1) is 12.3 Å². The van der Waals surface area contributed by atoms with Gasteiger partial charge in [0.2, 0.25) is 0 Å². The van der Waals surface area contributed by atoms with Crippen molar-refractivity contribution in [1.82, 2.24) is 15.1 Å². The summed E-state index contributed by atoms with van der Waals surface area (Å²) in [7, 11) is 2.08. The fourth-order valence-corrected chi connectivity index (χ4v) is 3.29. The lowest BCUT2D eigenvalue weighted by Crippen LogP contribution is -2.41. The third-order valence-electron chi connectivity index (χ3n) is 4.24. The first-order chi connectivity index (χ1) is 9.44. The van der Waals surface area contributed by atoms with Crippen molar-refractivity contribution < 1.29 is 0 Å². The minimum absolute atomic E-state index is 0.407. The minimum atomic E-state index is 0.407. The fourth-order valence-electron chi connectivity index (χ4n) is 3.29. The average Bonchev–Trinajstić information content (AvgIpc) is 2.63. The normalized spacial score (nSPS) is 18.6. The predicted octanol–water partition coefficient (Wildman–Crippen LogP) is 2.85. The van der Waals surface area contributed by atoms with Crippen LogP contribution in [0.1, 0.15) is 51.3 Å². The van der Waals surface area contributed by atoms with E-state index in [-0.39, 0.29) is 0 Å². The molecule has 1 N–H and O–H groups in total. The molecular formula is C16H30N4. The van der Waals surface area contributed by atoms with Gasteiger partial charge in [-0.3, -0.25) is 4.68 Å². The Morgan fingerprint density at radius 3 is 2.75 bits per heavy atom. The number of aromatic nitrogens is 2. The average molecular weight is 278 g/mol. The van der Waals surface area contributed by atoms with E-state index in [1.807, 2.05) is 0 Å². The van der Waals surface area contributed by atoms with Crippen LogP contribution < -0.4 is 10.2 Å².